The summed E-state index contributed by atoms with van der Waals surface area (Å²) in [6, 6.07) is 6.97. The largest absolute Gasteiger partial charge is 0.497 e. The van der Waals surface area contributed by atoms with Crippen LogP contribution in [0.5, 0.6) is 5.75 Å². The molecule has 1 saturated carbocycles. The van der Waals surface area contributed by atoms with Crippen molar-refractivity contribution in [2.24, 2.45) is 0 Å². The summed E-state index contributed by atoms with van der Waals surface area (Å²) in [7, 11) is 1.59. The van der Waals surface area contributed by atoms with Crippen LogP contribution in [0.2, 0.25) is 0 Å². The number of morpholine rings is 1. The molecular weight excluding hydrogens is 282 g/mol. The molecule has 22 heavy (non-hydrogen) atoms. The normalized spacial score (nSPS) is 21.8. The number of methoxy groups -OCH3 is 1. The van der Waals surface area contributed by atoms with Crippen LogP contribution >= 0.6 is 0 Å². The molecule has 0 aromatic heterocycles. The van der Waals surface area contributed by atoms with Gasteiger partial charge in [-0.15, -0.1) is 0 Å². The van der Waals surface area contributed by atoms with E-state index in [2.05, 4.69) is 0 Å². The van der Waals surface area contributed by atoms with E-state index in [1.165, 1.54) is 0 Å². The molecule has 0 unspecified atom stereocenters. The number of hydrogen-bond acceptors (Lipinski definition) is 4. The summed E-state index contributed by atoms with van der Waals surface area (Å²) in [5.41, 5.74) is 0.422. The minimum atomic E-state index is -1.12. The maximum absolute atomic E-state index is 12.6. The minimum absolute atomic E-state index is 0.173. The highest BCUT2D eigenvalue weighted by Gasteiger charge is 2.41. The third-order valence-electron chi connectivity index (χ3n) is 4.74. The van der Waals surface area contributed by atoms with E-state index >= 15 is 0 Å². The summed E-state index contributed by atoms with van der Waals surface area (Å²) in [5.74, 6) is 0.472. The quantitative estimate of drug-likeness (QED) is 0.926. The van der Waals surface area contributed by atoms with Gasteiger partial charge in [0.25, 0.3) is 5.91 Å². The molecule has 1 spiro atoms. The van der Waals surface area contributed by atoms with Crippen LogP contribution in [0.25, 0.3) is 0 Å². The Kier molecular flexibility index (Phi) is 4.36. The third-order valence-corrected chi connectivity index (χ3v) is 4.74. The zero-order valence-corrected chi connectivity index (χ0v) is 13.0. The summed E-state index contributed by atoms with van der Waals surface area (Å²) >= 11 is 0. The Bertz CT molecular complexity index is 522. The summed E-state index contributed by atoms with van der Waals surface area (Å²) in [6.07, 6.45) is 3.21. The molecule has 5 nitrogen and oxygen atoms in total. The Morgan fingerprint density at radius 1 is 1.32 bits per heavy atom. The Hall–Kier alpha value is -1.59. The first-order valence-electron chi connectivity index (χ1n) is 7.88. The van der Waals surface area contributed by atoms with Crippen LogP contribution in [-0.2, 0) is 9.53 Å². The van der Waals surface area contributed by atoms with Crippen molar-refractivity contribution in [1.82, 2.24) is 4.90 Å². The lowest BCUT2D eigenvalue weighted by Crippen LogP contribution is -2.53. The van der Waals surface area contributed by atoms with Gasteiger partial charge in [0, 0.05) is 13.1 Å². The molecule has 0 radical (unpaired) electrons. The van der Waals surface area contributed by atoms with Gasteiger partial charge in [-0.2, -0.15) is 0 Å². The van der Waals surface area contributed by atoms with E-state index in [4.69, 9.17) is 9.47 Å². The molecule has 2 fully saturated rings. The van der Waals surface area contributed by atoms with Gasteiger partial charge in [0.1, 0.15) is 5.75 Å². The fourth-order valence-electron chi connectivity index (χ4n) is 3.46. The average Bonchev–Trinajstić information content (AvgIpc) is 3.01. The number of aliphatic hydroxyl groups excluding tert-OH is 1. The third kappa shape index (κ3) is 2.96. The van der Waals surface area contributed by atoms with Crippen molar-refractivity contribution in [1.29, 1.82) is 0 Å². The molecule has 1 aliphatic carbocycles. The molecule has 1 heterocycles. The molecule has 5 heteroatoms. The van der Waals surface area contributed by atoms with Crippen LogP contribution in [0.15, 0.2) is 24.3 Å². The van der Waals surface area contributed by atoms with E-state index in [1.807, 2.05) is 0 Å². The molecule has 1 saturated heterocycles. The van der Waals surface area contributed by atoms with Gasteiger partial charge < -0.3 is 19.5 Å². The summed E-state index contributed by atoms with van der Waals surface area (Å²) in [6.45, 7) is 1.70. The molecule has 3 rings (SSSR count). The van der Waals surface area contributed by atoms with Crippen LogP contribution in [0, 0.1) is 0 Å². The molecule has 1 aromatic carbocycles. The SMILES string of the molecule is COc1ccc([C@@H](O)C(=O)N2CCOC3(CCCC3)C2)cc1. The number of aliphatic hydroxyl groups is 1. The zero-order chi connectivity index (χ0) is 15.6. The first-order valence-corrected chi connectivity index (χ1v) is 7.88. The zero-order valence-electron chi connectivity index (χ0n) is 13.0. The van der Waals surface area contributed by atoms with Crippen molar-refractivity contribution in [3.05, 3.63) is 29.8 Å². The van der Waals surface area contributed by atoms with Gasteiger partial charge in [-0.1, -0.05) is 25.0 Å². The molecule has 120 valence electrons. The van der Waals surface area contributed by atoms with E-state index in [1.54, 1.807) is 36.3 Å². The van der Waals surface area contributed by atoms with Crippen LogP contribution in [0.1, 0.15) is 37.4 Å². The van der Waals surface area contributed by atoms with Crippen molar-refractivity contribution in [3.8, 4) is 5.75 Å². The second-order valence-corrected chi connectivity index (χ2v) is 6.17. The Morgan fingerprint density at radius 3 is 2.64 bits per heavy atom. The fraction of sp³-hybridized carbons (Fsp3) is 0.588. The maximum Gasteiger partial charge on any atom is 0.256 e. The number of hydrogen-bond donors (Lipinski definition) is 1. The van der Waals surface area contributed by atoms with E-state index in [-0.39, 0.29) is 11.5 Å². The van der Waals surface area contributed by atoms with E-state index in [0.29, 0.717) is 31.0 Å². The lowest BCUT2D eigenvalue weighted by molar-refractivity contribution is -0.158. The van der Waals surface area contributed by atoms with Gasteiger partial charge in [0.05, 0.1) is 19.3 Å². The van der Waals surface area contributed by atoms with Crippen molar-refractivity contribution in [3.63, 3.8) is 0 Å². The lowest BCUT2D eigenvalue weighted by atomic mass is 9.98. The minimum Gasteiger partial charge on any atom is -0.497 e. The Labute approximate surface area is 130 Å². The van der Waals surface area contributed by atoms with Gasteiger partial charge in [0.2, 0.25) is 0 Å². The predicted octanol–water partition coefficient (Wildman–Crippen LogP) is 1.90. The molecule has 1 N–H and O–H groups in total. The fourth-order valence-corrected chi connectivity index (χ4v) is 3.46. The monoisotopic (exact) mass is 305 g/mol. The summed E-state index contributed by atoms with van der Waals surface area (Å²) < 4.78 is 11.0. The van der Waals surface area contributed by atoms with Crippen molar-refractivity contribution < 1.29 is 19.4 Å². The number of carbonyl (C=O) groups excluding carboxylic acids is 1. The summed E-state index contributed by atoms with van der Waals surface area (Å²) in [4.78, 5) is 14.3. The molecule has 1 atom stereocenters. The van der Waals surface area contributed by atoms with Crippen LogP contribution < -0.4 is 4.74 Å². The topological polar surface area (TPSA) is 59.0 Å². The second kappa shape index (κ2) is 6.26. The van der Waals surface area contributed by atoms with Crippen LogP contribution in [0.4, 0.5) is 0 Å². The predicted molar refractivity (Wildman–Crippen MR) is 81.7 cm³/mol. The van der Waals surface area contributed by atoms with Crippen molar-refractivity contribution in [2.75, 3.05) is 26.8 Å². The number of carbonyl (C=O) groups is 1. The Morgan fingerprint density at radius 2 is 2.00 bits per heavy atom. The number of nitrogens with zero attached hydrogens (tertiary/aromatic N) is 1. The molecule has 2 aliphatic rings. The van der Waals surface area contributed by atoms with Crippen LogP contribution in [0.3, 0.4) is 0 Å². The first kappa shape index (κ1) is 15.3. The van der Waals surface area contributed by atoms with Crippen molar-refractivity contribution in [2.45, 2.75) is 37.4 Å². The highest BCUT2D eigenvalue weighted by molar-refractivity contribution is 5.82. The average molecular weight is 305 g/mol. The number of rotatable bonds is 3. The number of amides is 1. The van der Waals surface area contributed by atoms with Crippen molar-refractivity contribution >= 4 is 5.91 Å². The molecule has 1 aliphatic heterocycles. The van der Waals surface area contributed by atoms with Gasteiger partial charge in [0.15, 0.2) is 6.10 Å². The highest BCUT2D eigenvalue weighted by Crippen LogP contribution is 2.36. The Balaban J connectivity index is 1.69. The number of benzene rings is 1. The summed E-state index contributed by atoms with van der Waals surface area (Å²) in [5, 5.41) is 10.4. The second-order valence-electron chi connectivity index (χ2n) is 6.17. The molecule has 1 amide bonds. The molecule has 1 aromatic rings. The number of ether oxygens (including phenoxy) is 2. The maximum atomic E-state index is 12.6. The van der Waals surface area contributed by atoms with Gasteiger partial charge in [-0.25, -0.2) is 0 Å². The van der Waals surface area contributed by atoms with E-state index in [9.17, 15) is 9.90 Å². The molecule has 0 bridgehead atoms. The smallest absolute Gasteiger partial charge is 0.256 e. The van der Waals surface area contributed by atoms with E-state index in [0.717, 1.165) is 25.7 Å². The van der Waals surface area contributed by atoms with Gasteiger partial charge in [-0.05, 0) is 30.5 Å². The standard InChI is InChI=1S/C17H23NO4/c1-21-14-6-4-13(5-7-14)15(19)16(20)18-10-11-22-17(12-18)8-2-3-9-17/h4-7,15,19H,2-3,8-12H2,1H3/t15-/m1/s1. The van der Waals surface area contributed by atoms with Gasteiger partial charge >= 0.3 is 0 Å². The van der Waals surface area contributed by atoms with Crippen LogP contribution in [-0.4, -0.2) is 48.3 Å². The van der Waals surface area contributed by atoms with E-state index < -0.39 is 6.10 Å². The first-order chi connectivity index (χ1) is 10.6. The molecular formula is C17H23NO4. The highest BCUT2D eigenvalue weighted by atomic mass is 16.5. The van der Waals surface area contributed by atoms with Gasteiger partial charge in [-0.3, -0.25) is 4.79 Å². The lowest BCUT2D eigenvalue weighted by Gasteiger charge is -2.41.